The second-order valence-electron chi connectivity index (χ2n) is 4.55. The third-order valence-corrected chi connectivity index (χ3v) is 3.74. The fourth-order valence-electron chi connectivity index (χ4n) is 2.17. The minimum atomic E-state index is -1.61. The number of amides is 1. The molecule has 0 aliphatic carbocycles. The molecular weight excluding hydrogens is 275 g/mol. The van der Waals surface area contributed by atoms with E-state index in [1.807, 2.05) is 0 Å². The van der Waals surface area contributed by atoms with Crippen molar-refractivity contribution in [1.82, 2.24) is 9.88 Å². The van der Waals surface area contributed by atoms with Crippen LogP contribution in [0.15, 0.2) is 12.3 Å². The second-order valence-corrected chi connectivity index (χ2v) is 4.95. The molecule has 0 spiro atoms. The van der Waals surface area contributed by atoms with Gasteiger partial charge in [0.25, 0.3) is 0 Å². The Bertz CT molecular complexity index is 490. The predicted octanol–water partition coefficient (Wildman–Crippen LogP) is 2.17. The first-order valence-electron chi connectivity index (χ1n) is 5.89. The summed E-state index contributed by atoms with van der Waals surface area (Å²) in [6, 6.07) is 1.45. The van der Waals surface area contributed by atoms with Gasteiger partial charge in [0.2, 0.25) is 0 Å². The van der Waals surface area contributed by atoms with Crippen molar-refractivity contribution < 1.29 is 19.4 Å². The lowest BCUT2D eigenvalue weighted by molar-refractivity contribution is 0.0549. The highest BCUT2D eigenvalue weighted by Crippen LogP contribution is 2.37. The first kappa shape index (κ1) is 14.0. The lowest BCUT2D eigenvalue weighted by atomic mass is 9.87. The number of carbonyl (C=O) groups is 1. The average molecular weight is 289 g/mol. The maximum Gasteiger partial charge on any atom is 0.407 e. The molecule has 1 saturated heterocycles. The van der Waals surface area contributed by atoms with Crippen molar-refractivity contribution in [2.45, 2.75) is 25.1 Å². The summed E-state index contributed by atoms with van der Waals surface area (Å²) in [7, 11) is 0. The Morgan fingerprint density at radius 2 is 2.16 bits per heavy atom. The Morgan fingerprint density at radius 3 is 2.63 bits per heavy atom. The molecule has 2 rings (SSSR count). The van der Waals surface area contributed by atoms with Crippen LogP contribution in [-0.4, -0.2) is 39.3 Å². The maximum absolute atomic E-state index is 14.8. The minimum absolute atomic E-state index is 0.0791. The smallest absolute Gasteiger partial charge is 0.407 e. The van der Waals surface area contributed by atoms with Gasteiger partial charge in [-0.1, -0.05) is 11.6 Å². The summed E-state index contributed by atoms with van der Waals surface area (Å²) >= 11 is 5.90. The number of aromatic nitrogens is 1. The molecule has 0 bridgehead atoms. The number of carboxylic acid groups (broad SMARTS) is 1. The molecule has 0 saturated carbocycles. The zero-order valence-corrected chi connectivity index (χ0v) is 10.9. The van der Waals surface area contributed by atoms with E-state index in [9.17, 15) is 9.18 Å². The molecule has 19 heavy (non-hydrogen) atoms. The van der Waals surface area contributed by atoms with Gasteiger partial charge in [-0.15, -0.1) is 0 Å². The number of hydrogen-bond donors (Lipinski definition) is 2. The number of halogens is 2. The number of piperidine rings is 1. The number of hydrogen-bond acceptors (Lipinski definition) is 3. The van der Waals surface area contributed by atoms with Crippen molar-refractivity contribution in [3.05, 3.63) is 28.5 Å². The quantitative estimate of drug-likeness (QED) is 0.875. The molecule has 7 heteroatoms. The zero-order chi connectivity index (χ0) is 14.0. The van der Waals surface area contributed by atoms with E-state index < -0.39 is 11.8 Å². The number of aliphatic hydroxyl groups is 1. The van der Waals surface area contributed by atoms with E-state index in [-0.39, 0.29) is 37.6 Å². The first-order valence-corrected chi connectivity index (χ1v) is 6.26. The highest BCUT2D eigenvalue weighted by molar-refractivity contribution is 6.31. The highest BCUT2D eigenvalue weighted by atomic mass is 35.5. The van der Waals surface area contributed by atoms with Gasteiger partial charge >= 0.3 is 6.09 Å². The second kappa shape index (κ2) is 5.30. The van der Waals surface area contributed by atoms with Crippen molar-refractivity contribution in [2.24, 2.45) is 0 Å². The van der Waals surface area contributed by atoms with Crippen molar-refractivity contribution in [2.75, 3.05) is 13.1 Å². The normalized spacial score (nSPS) is 18.4. The zero-order valence-electron chi connectivity index (χ0n) is 10.1. The van der Waals surface area contributed by atoms with Gasteiger partial charge in [-0.05, 0) is 6.07 Å². The van der Waals surface area contributed by atoms with Gasteiger partial charge in [0.05, 0.1) is 17.3 Å². The van der Waals surface area contributed by atoms with E-state index in [4.69, 9.17) is 21.8 Å². The summed E-state index contributed by atoms with van der Waals surface area (Å²) < 4.78 is 14.8. The lowest BCUT2D eigenvalue weighted by Gasteiger charge is -2.35. The largest absolute Gasteiger partial charge is 0.465 e. The maximum atomic E-state index is 14.8. The molecule has 0 aromatic carbocycles. The van der Waals surface area contributed by atoms with Gasteiger partial charge < -0.3 is 15.1 Å². The van der Waals surface area contributed by atoms with Crippen LogP contribution in [0.4, 0.5) is 9.18 Å². The van der Waals surface area contributed by atoms with E-state index >= 15 is 0 Å². The summed E-state index contributed by atoms with van der Waals surface area (Å²) in [5.41, 5.74) is -0.979. The van der Waals surface area contributed by atoms with Crippen molar-refractivity contribution in [3.63, 3.8) is 0 Å². The van der Waals surface area contributed by atoms with Crippen LogP contribution in [0.1, 0.15) is 24.1 Å². The molecule has 2 N–H and O–H groups in total. The third kappa shape index (κ3) is 2.79. The van der Waals surface area contributed by atoms with Gasteiger partial charge in [-0.3, -0.25) is 4.98 Å². The molecule has 0 unspecified atom stereocenters. The van der Waals surface area contributed by atoms with E-state index in [2.05, 4.69) is 4.98 Å². The van der Waals surface area contributed by atoms with Crippen LogP contribution >= 0.6 is 11.6 Å². The topological polar surface area (TPSA) is 73.7 Å². The average Bonchev–Trinajstić information content (AvgIpc) is 2.39. The highest BCUT2D eigenvalue weighted by Gasteiger charge is 2.38. The molecule has 1 amide bonds. The van der Waals surface area contributed by atoms with Gasteiger partial charge in [-0.25, -0.2) is 9.18 Å². The van der Waals surface area contributed by atoms with Crippen molar-refractivity contribution in [1.29, 1.82) is 0 Å². The van der Waals surface area contributed by atoms with Crippen LogP contribution in [-0.2, 0) is 12.3 Å². The van der Waals surface area contributed by atoms with E-state index in [0.29, 0.717) is 11.3 Å². The van der Waals surface area contributed by atoms with Gasteiger partial charge in [0.15, 0.2) is 0 Å². The van der Waals surface area contributed by atoms with E-state index in [1.54, 1.807) is 0 Å². The lowest BCUT2D eigenvalue weighted by Crippen LogP contribution is -2.42. The number of likely N-dealkylation sites (tertiary alicyclic amines) is 1. The Labute approximate surface area is 114 Å². The van der Waals surface area contributed by atoms with E-state index in [0.717, 1.165) is 0 Å². The van der Waals surface area contributed by atoms with E-state index in [1.165, 1.54) is 17.2 Å². The molecule has 0 radical (unpaired) electrons. The van der Waals surface area contributed by atoms with Crippen molar-refractivity contribution >= 4 is 17.7 Å². The molecule has 2 heterocycles. The number of aliphatic hydroxyl groups excluding tert-OH is 1. The molecule has 0 atom stereocenters. The Hall–Kier alpha value is -1.40. The van der Waals surface area contributed by atoms with Crippen LogP contribution in [0.25, 0.3) is 0 Å². The number of pyridine rings is 1. The summed E-state index contributed by atoms with van der Waals surface area (Å²) in [6.45, 7) is -0.0123. The van der Waals surface area contributed by atoms with Gasteiger partial charge in [0.1, 0.15) is 5.67 Å². The molecule has 1 aromatic heterocycles. The summed E-state index contributed by atoms with van der Waals surface area (Å²) in [5, 5.41) is 18.0. The Morgan fingerprint density at radius 1 is 1.53 bits per heavy atom. The number of alkyl halides is 1. The molecule has 1 aromatic rings. The van der Waals surface area contributed by atoms with Gasteiger partial charge in [-0.2, -0.15) is 0 Å². The predicted molar refractivity (Wildman–Crippen MR) is 66.8 cm³/mol. The molecular formula is C12H14ClFN2O3. The molecule has 5 nitrogen and oxygen atoms in total. The molecule has 1 aliphatic rings. The number of rotatable bonds is 2. The monoisotopic (exact) mass is 288 g/mol. The number of nitrogens with zero attached hydrogens (tertiary/aromatic N) is 2. The summed E-state index contributed by atoms with van der Waals surface area (Å²) in [4.78, 5) is 15.9. The SMILES string of the molecule is O=C(O)N1CCC(F)(c2cnc(CO)c(Cl)c2)CC1. The van der Waals surface area contributed by atoms with Crippen molar-refractivity contribution in [3.8, 4) is 0 Å². The molecule has 1 aliphatic heterocycles. The Balaban J connectivity index is 2.18. The van der Waals surface area contributed by atoms with Gasteiger partial charge in [0, 0.05) is 37.7 Å². The minimum Gasteiger partial charge on any atom is -0.465 e. The standard InChI is InChI=1S/C12H14ClFN2O3/c13-9-5-8(6-15-10(9)7-17)12(14)1-3-16(4-2-12)11(18)19/h5-6,17H,1-4,7H2,(H,18,19). The summed E-state index contributed by atoms with van der Waals surface area (Å²) in [5.74, 6) is 0. The summed E-state index contributed by atoms with van der Waals surface area (Å²) in [6.07, 6.45) is 0.480. The van der Waals surface area contributed by atoms with Crippen LogP contribution in [0.3, 0.4) is 0 Å². The van der Waals surface area contributed by atoms with Crippen LogP contribution in [0.2, 0.25) is 5.02 Å². The van der Waals surface area contributed by atoms with Crippen LogP contribution in [0, 0.1) is 0 Å². The molecule has 1 fully saturated rings. The van der Waals surface area contributed by atoms with Crippen LogP contribution < -0.4 is 0 Å². The van der Waals surface area contributed by atoms with Crippen LogP contribution in [0.5, 0.6) is 0 Å². The fraction of sp³-hybridized carbons (Fsp3) is 0.500. The first-order chi connectivity index (χ1) is 8.96. The third-order valence-electron chi connectivity index (χ3n) is 3.41. The Kier molecular flexibility index (Phi) is 3.91. The fourth-order valence-corrected chi connectivity index (χ4v) is 2.39. The molecule has 104 valence electrons.